The fraction of sp³-hybridized carbons (Fsp3) is 0.0833. The largest absolute Gasteiger partial charge is 0.356 e. The third-order valence-electron chi connectivity index (χ3n) is 4.58. The quantitative estimate of drug-likeness (QED) is 0.497. The Bertz CT molecular complexity index is 1120. The van der Waals surface area contributed by atoms with Crippen molar-refractivity contribution in [2.75, 3.05) is 10.6 Å². The Kier molecular flexibility index (Phi) is 5.75. The van der Waals surface area contributed by atoms with Crippen LogP contribution in [0.1, 0.15) is 33.4 Å². The zero-order valence-corrected chi connectivity index (χ0v) is 16.5. The van der Waals surface area contributed by atoms with Crippen LogP contribution in [0.4, 0.5) is 11.5 Å². The minimum atomic E-state index is -0.305. The highest BCUT2D eigenvalue weighted by atomic mass is 16.1. The molecule has 1 amide bonds. The van der Waals surface area contributed by atoms with Gasteiger partial charge in [0.1, 0.15) is 5.82 Å². The molecule has 0 spiro atoms. The van der Waals surface area contributed by atoms with Crippen LogP contribution in [0.15, 0.2) is 91.1 Å². The fourth-order valence-electron chi connectivity index (χ4n) is 3.12. The Balaban J connectivity index is 1.54. The Hall–Kier alpha value is -4.06. The summed E-state index contributed by atoms with van der Waals surface area (Å²) in [6.45, 7) is 2.05. The molecule has 1 atom stereocenters. The zero-order valence-electron chi connectivity index (χ0n) is 16.5. The van der Waals surface area contributed by atoms with Crippen molar-refractivity contribution in [2.45, 2.75) is 13.0 Å². The minimum Gasteiger partial charge on any atom is -0.356 e. The first kappa shape index (κ1) is 19.3. The molecular weight excluding hydrogens is 374 g/mol. The number of aryl methyl sites for hydroxylation is 1. The number of benzene rings is 2. The molecule has 0 saturated heterocycles. The van der Waals surface area contributed by atoms with Crippen molar-refractivity contribution in [1.29, 1.82) is 0 Å². The van der Waals surface area contributed by atoms with Gasteiger partial charge in [-0.3, -0.25) is 9.78 Å². The molecule has 0 saturated carbocycles. The van der Waals surface area contributed by atoms with Crippen LogP contribution in [0.5, 0.6) is 0 Å². The van der Waals surface area contributed by atoms with Gasteiger partial charge in [0, 0.05) is 11.9 Å². The van der Waals surface area contributed by atoms with E-state index in [1.54, 1.807) is 18.3 Å². The van der Waals surface area contributed by atoms with Gasteiger partial charge in [0.05, 0.1) is 11.7 Å². The molecule has 0 fully saturated rings. The van der Waals surface area contributed by atoms with E-state index in [4.69, 9.17) is 0 Å². The highest BCUT2D eigenvalue weighted by Crippen LogP contribution is 2.25. The molecule has 4 aromatic rings. The molecule has 2 N–H and O–H groups in total. The lowest BCUT2D eigenvalue weighted by Gasteiger charge is -2.19. The predicted octanol–water partition coefficient (Wildman–Crippen LogP) is 4.63. The maximum absolute atomic E-state index is 12.4. The summed E-state index contributed by atoms with van der Waals surface area (Å²) in [5.74, 6) is 0.253. The van der Waals surface area contributed by atoms with Gasteiger partial charge in [0.25, 0.3) is 5.91 Å². The molecule has 0 radical (unpaired) electrons. The Morgan fingerprint density at radius 3 is 2.40 bits per heavy atom. The SMILES string of the molecule is Cc1cccc(C(Nc2ccc(C(=O)Nc3ccccc3)nn2)c2ccccn2)c1. The number of rotatable bonds is 6. The third kappa shape index (κ3) is 4.67. The van der Waals surface area contributed by atoms with E-state index in [-0.39, 0.29) is 17.6 Å². The summed E-state index contributed by atoms with van der Waals surface area (Å²) in [6.07, 6.45) is 1.77. The molecular formula is C24H21N5O. The number of carbonyl (C=O) groups is 1. The van der Waals surface area contributed by atoms with E-state index in [0.717, 1.165) is 16.8 Å². The summed E-state index contributed by atoms with van der Waals surface area (Å²) in [7, 11) is 0. The van der Waals surface area contributed by atoms with Crippen molar-refractivity contribution in [3.8, 4) is 0 Å². The van der Waals surface area contributed by atoms with Crippen molar-refractivity contribution in [2.24, 2.45) is 0 Å². The molecule has 0 aliphatic rings. The van der Waals surface area contributed by atoms with Crippen molar-refractivity contribution in [1.82, 2.24) is 15.2 Å². The van der Waals surface area contributed by atoms with Gasteiger partial charge in [-0.15, -0.1) is 10.2 Å². The second-order valence-electron chi connectivity index (χ2n) is 6.87. The summed E-state index contributed by atoms with van der Waals surface area (Å²) in [5.41, 5.74) is 4.06. The summed E-state index contributed by atoms with van der Waals surface area (Å²) in [6, 6.07) is 26.5. The normalized spacial score (nSPS) is 11.5. The van der Waals surface area contributed by atoms with Crippen molar-refractivity contribution in [3.05, 3.63) is 114 Å². The number of carbonyl (C=O) groups excluding carboxylic acids is 1. The van der Waals surface area contributed by atoms with E-state index < -0.39 is 0 Å². The maximum atomic E-state index is 12.4. The van der Waals surface area contributed by atoms with Gasteiger partial charge in [0.2, 0.25) is 0 Å². The average molecular weight is 395 g/mol. The number of amides is 1. The molecule has 2 aromatic carbocycles. The highest BCUT2D eigenvalue weighted by Gasteiger charge is 2.17. The first-order valence-corrected chi connectivity index (χ1v) is 9.63. The Morgan fingerprint density at radius 2 is 1.70 bits per heavy atom. The fourth-order valence-corrected chi connectivity index (χ4v) is 3.12. The molecule has 6 heteroatoms. The number of hydrogen-bond acceptors (Lipinski definition) is 5. The van der Waals surface area contributed by atoms with Gasteiger partial charge in [-0.05, 0) is 48.9 Å². The second-order valence-corrected chi connectivity index (χ2v) is 6.87. The Morgan fingerprint density at radius 1 is 0.867 bits per heavy atom. The van der Waals surface area contributed by atoms with Crippen LogP contribution < -0.4 is 10.6 Å². The molecule has 30 heavy (non-hydrogen) atoms. The van der Waals surface area contributed by atoms with Gasteiger partial charge in [0.15, 0.2) is 5.69 Å². The van der Waals surface area contributed by atoms with Gasteiger partial charge in [-0.1, -0.05) is 54.1 Å². The van der Waals surface area contributed by atoms with Crippen molar-refractivity contribution in [3.63, 3.8) is 0 Å². The average Bonchev–Trinajstić information content (AvgIpc) is 2.79. The van der Waals surface area contributed by atoms with Gasteiger partial charge < -0.3 is 10.6 Å². The van der Waals surface area contributed by atoms with Crippen molar-refractivity contribution < 1.29 is 4.79 Å². The lowest BCUT2D eigenvalue weighted by Crippen LogP contribution is -2.17. The van der Waals surface area contributed by atoms with E-state index in [2.05, 4.69) is 50.9 Å². The number of aromatic nitrogens is 3. The van der Waals surface area contributed by atoms with Crippen LogP contribution in [-0.2, 0) is 0 Å². The van der Waals surface area contributed by atoms with Gasteiger partial charge in [-0.25, -0.2) is 0 Å². The van der Waals surface area contributed by atoms with Crippen LogP contribution in [-0.4, -0.2) is 21.1 Å². The molecule has 1 unspecified atom stereocenters. The van der Waals surface area contributed by atoms with Crippen molar-refractivity contribution >= 4 is 17.4 Å². The van der Waals surface area contributed by atoms with Crippen LogP contribution in [0.3, 0.4) is 0 Å². The van der Waals surface area contributed by atoms with Gasteiger partial charge >= 0.3 is 0 Å². The summed E-state index contributed by atoms with van der Waals surface area (Å²) >= 11 is 0. The second kappa shape index (κ2) is 8.96. The van der Waals surface area contributed by atoms with Crippen LogP contribution in [0, 0.1) is 6.92 Å². The molecule has 0 bridgehead atoms. The first-order chi connectivity index (χ1) is 14.7. The van der Waals surface area contributed by atoms with E-state index in [1.807, 2.05) is 54.6 Å². The number of para-hydroxylation sites is 1. The smallest absolute Gasteiger partial charge is 0.276 e. The number of hydrogen-bond donors (Lipinski definition) is 2. The summed E-state index contributed by atoms with van der Waals surface area (Å²) in [4.78, 5) is 16.9. The van der Waals surface area contributed by atoms with Crippen LogP contribution in [0.2, 0.25) is 0 Å². The predicted molar refractivity (Wildman–Crippen MR) is 117 cm³/mol. The zero-order chi connectivity index (χ0) is 20.8. The molecule has 148 valence electrons. The van der Waals surface area contributed by atoms with E-state index in [9.17, 15) is 4.79 Å². The van der Waals surface area contributed by atoms with E-state index in [0.29, 0.717) is 11.5 Å². The molecule has 0 aliphatic carbocycles. The van der Waals surface area contributed by atoms with E-state index >= 15 is 0 Å². The highest BCUT2D eigenvalue weighted by molar-refractivity contribution is 6.02. The maximum Gasteiger partial charge on any atom is 0.276 e. The van der Waals surface area contributed by atoms with E-state index in [1.165, 1.54) is 0 Å². The number of pyridine rings is 1. The number of nitrogens with zero attached hydrogens (tertiary/aromatic N) is 3. The standard InChI is InChI=1S/C24H21N5O/c1-17-8-7-9-18(16-17)23(20-12-5-6-15-25-20)27-22-14-13-21(28-29-22)24(30)26-19-10-3-2-4-11-19/h2-16,23H,1H3,(H,26,30)(H,27,29). The third-order valence-corrected chi connectivity index (χ3v) is 4.58. The van der Waals surface area contributed by atoms with Crippen LogP contribution >= 0.6 is 0 Å². The minimum absolute atomic E-state index is 0.190. The number of nitrogens with one attached hydrogen (secondary N) is 2. The van der Waals surface area contributed by atoms with Gasteiger partial charge in [-0.2, -0.15) is 0 Å². The molecule has 6 nitrogen and oxygen atoms in total. The number of anilines is 2. The van der Waals surface area contributed by atoms with Crippen LogP contribution in [0.25, 0.3) is 0 Å². The topological polar surface area (TPSA) is 79.8 Å². The molecule has 2 aromatic heterocycles. The molecule has 0 aliphatic heterocycles. The first-order valence-electron chi connectivity index (χ1n) is 9.63. The molecule has 4 rings (SSSR count). The lowest BCUT2D eigenvalue weighted by molar-refractivity contribution is 0.102. The summed E-state index contributed by atoms with van der Waals surface area (Å²) in [5, 5.41) is 14.5. The summed E-state index contributed by atoms with van der Waals surface area (Å²) < 4.78 is 0. The monoisotopic (exact) mass is 395 g/mol. The molecule has 2 heterocycles. The lowest BCUT2D eigenvalue weighted by atomic mass is 10.0. The Labute approximate surface area is 175 Å².